The van der Waals surface area contributed by atoms with Crippen LogP contribution in [0.4, 0.5) is 0 Å². The summed E-state index contributed by atoms with van der Waals surface area (Å²) in [6.07, 6.45) is 8.85. The van der Waals surface area contributed by atoms with Crippen molar-refractivity contribution in [3.8, 4) is 0 Å². The SMILES string of the molecule is c1ccc([PH](c2ccccc2)(c2ccccc2)C23CC4CC(CC(C4)C2)C3)cc1. The average Bonchev–Trinajstić information content (AvgIpc) is 2.75. The Kier molecular flexibility index (Phi) is 4.21. The zero-order chi connectivity index (χ0) is 19.3. The first-order valence-corrected chi connectivity index (χ1v) is 13.5. The third kappa shape index (κ3) is 2.62. The molecule has 4 aliphatic carbocycles. The number of rotatable bonds is 4. The van der Waals surface area contributed by atoms with E-state index in [0.29, 0.717) is 5.16 Å². The van der Waals surface area contributed by atoms with Gasteiger partial charge in [0.25, 0.3) is 0 Å². The maximum atomic E-state index is 2.46. The molecule has 4 bridgehead atoms. The number of benzene rings is 3. The predicted octanol–water partition coefficient (Wildman–Crippen LogP) is 5.68. The Morgan fingerprint density at radius 1 is 0.483 bits per heavy atom. The van der Waals surface area contributed by atoms with E-state index < -0.39 is 7.26 Å². The minimum atomic E-state index is -2.18. The summed E-state index contributed by atoms with van der Waals surface area (Å²) in [5, 5.41) is 5.34. The first-order chi connectivity index (χ1) is 14.3. The molecule has 0 nitrogen and oxygen atoms in total. The van der Waals surface area contributed by atoms with E-state index in [9.17, 15) is 0 Å². The van der Waals surface area contributed by atoms with Crippen molar-refractivity contribution in [2.45, 2.75) is 43.7 Å². The van der Waals surface area contributed by atoms with E-state index in [-0.39, 0.29) is 0 Å². The van der Waals surface area contributed by atoms with Crippen LogP contribution < -0.4 is 15.9 Å². The van der Waals surface area contributed by atoms with E-state index in [1.54, 1.807) is 15.9 Å². The second kappa shape index (κ2) is 6.82. The molecular formula is C28H31P. The molecule has 4 aliphatic rings. The van der Waals surface area contributed by atoms with Crippen LogP contribution in [0.25, 0.3) is 0 Å². The van der Waals surface area contributed by atoms with Crippen LogP contribution in [-0.2, 0) is 0 Å². The van der Waals surface area contributed by atoms with Gasteiger partial charge in [0.1, 0.15) is 0 Å². The van der Waals surface area contributed by atoms with E-state index in [0.717, 1.165) is 17.8 Å². The van der Waals surface area contributed by atoms with Gasteiger partial charge in [-0.2, -0.15) is 0 Å². The second-order valence-corrected chi connectivity index (χ2v) is 14.3. The number of hydrogen-bond acceptors (Lipinski definition) is 0. The van der Waals surface area contributed by atoms with Gasteiger partial charge in [0.2, 0.25) is 0 Å². The molecule has 0 amide bonds. The second-order valence-electron chi connectivity index (χ2n) is 10.0. The van der Waals surface area contributed by atoms with E-state index in [1.807, 2.05) is 0 Å². The van der Waals surface area contributed by atoms with E-state index in [2.05, 4.69) is 91.0 Å². The monoisotopic (exact) mass is 398 g/mol. The van der Waals surface area contributed by atoms with Crippen LogP contribution in [0, 0.1) is 17.8 Å². The normalized spacial score (nSPS) is 31.0. The van der Waals surface area contributed by atoms with Crippen molar-refractivity contribution in [2.75, 3.05) is 0 Å². The molecule has 1 heteroatoms. The van der Waals surface area contributed by atoms with Gasteiger partial charge >= 0.3 is 176 Å². The van der Waals surface area contributed by atoms with Crippen LogP contribution in [0.5, 0.6) is 0 Å². The Bertz CT molecular complexity index is 845. The van der Waals surface area contributed by atoms with Crippen molar-refractivity contribution in [2.24, 2.45) is 17.8 Å². The Morgan fingerprint density at radius 2 is 0.793 bits per heavy atom. The Hall–Kier alpha value is -1.91. The quantitative estimate of drug-likeness (QED) is 0.496. The van der Waals surface area contributed by atoms with Crippen molar-refractivity contribution < 1.29 is 0 Å². The molecule has 0 atom stereocenters. The molecule has 4 fully saturated rings. The minimum absolute atomic E-state index is 0.464. The fourth-order valence-corrected chi connectivity index (χ4v) is 14.8. The van der Waals surface area contributed by atoms with E-state index >= 15 is 0 Å². The summed E-state index contributed by atoms with van der Waals surface area (Å²) in [6.45, 7) is 0. The standard InChI is InChI=1S/C28H31P/c1-4-10-25(11-5-1)29(26-12-6-2-7-13-26,27-14-8-3-9-15-27)28-19-22-16-23(20-28)18-24(17-22)21-28/h1-15,22-24,29H,16-21H2. The Morgan fingerprint density at radius 3 is 1.10 bits per heavy atom. The van der Waals surface area contributed by atoms with Crippen LogP contribution in [0.2, 0.25) is 0 Å². The molecule has 0 heterocycles. The summed E-state index contributed by atoms with van der Waals surface area (Å²) in [7, 11) is -2.18. The summed E-state index contributed by atoms with van der Waals surface area (Å²) in [6, 6.07) is 35.0. The van der Waals surface area contributed by atoms with Gasteiger partial charge in [0, 0.05) is 0 Å². The molecule has 29 heavy (non-hydrogen) atoms. The molecule has 3 aromatic rings. The van der Waals surface area contributed by atoms with Crippen molar-refractivity contribution >= 4 is 23.2 Å². The molecule has 7 rings (SSSR count). The molecule has 3 aromatic carbocycles. The van der Waals surface area contributed by atoms with E-state index in [4.69, 9.17) is 0 Å². The van der Waals surface area contributed by atoms with E-state index in [1.165, 1.54) is 38.5 Å². The molecule has 0 aromatic heterocycles. The molecule has 0 saturated heterocycles. The molecule has 0 spiro atoms. The summed E-state index contributed by atoms with van der Waals surface area (Å²) < 4.78 is 0. The Labute approximate surface area is 175 Å². The average molecular weight is 399 g/mol. The third-order valence-electron chi connectivity index (χ3n) is 8.45. The summed E-state index contributed by atoms with van der Waals surface area (Å²) in [5.74, 6) is 2.89. The molecular weight excluding hydrogens is 367 g/mol. The first kappa shape index (κ1) is 17.9. The van der Waals surface area contributed by atoms with Gasteiger partial charge in [-0.1, -0.05) is 0 Å². The van der Waals surface area contributed by atoms with Crippen LogP contribution in [0.1, 0.15) is 38.5 Å². The molecule has 4 saturated carbocycles. The van der Waals surface area contributed by atoms with Gasteiger partial charge in [-0.05, 0) is 0 Å². The van der Waals surface area contributed by atoms with Crippen LogP contribution in [0.3, 0.4) is 0 Å². The van der Waals surface area contributed by atoms with Gasteiger partial charge in [-0.25, -0.2) is 0 Å². The molecule has 0 aliphatic heterocycles. The van der Waals surface area contributed by atoms with Gasteiger partial charge in [0.05, 0.1) is 0 Å². The maximum absolute atomic E-state index is 2.46. The van der Waals surface area contributed by atoms with Gasteiger partial charge in [-0.15, -0.1) is 0 Å². The van der Waals surface area contributed by atoms with Gasteiger partial charge in [-0.3, -0.25) is 0 Å². The zero-order valence-corrected chi connectivity index (χ0v) is 18.1. The van der Waals surface area contributed by atoms with Crippen molar-refractivity contribution in [3.05, 3.63) is 91.0 Å². The van der Waals surface area contributed by atoms with Crippen LogP contribution >= 0.6 is 7.26 Å². The first-order valence-electron chi connectivity index (χ1n) is 11.5. The van der Waals surface area contributed by atoms with Gasteiger partial charge in [0.15, 0.2) is 0 Å². The summed E-state index contributed by atoms with van der Waals surface area (Å²) >= 11 is 0. The van der Waals surface area contributed by atoms with Gasteiger partial charge < -0.3 is 0 Å². The molecule has 148 valence electrons. The van der Waals surface area contributed by atoms with Crippen molar-refractivity contribution in [1.29, 1.82) is 0 Å². The third-order valence-corrected chi connectivity index (χ3v) is 14.3. The summed E-state index contributed by atoms with van der Waals surface area (Å²) in [5.41, 5.74) is 0. The molecule has 0 N–H and O–H groups in total. The summed E-state index contributed by atoms with van der Waals surface area (Å²) in [4.78, 5) is 0. The topological polar surface area (TPSA) is 0 Å². The molecule has 0 radical (unpaired) electrons. The number of hydrogen-bond donors (Lipinski definition) is 0. The van der Waals surface area contributed by atoms with Crippen molar-refractivity contribution in [3.63, 3.8) is 0 Å². The fraction of sp³-hybridized carbons (Fsp3) is 0.357. The fourth-order valence-electron chi connectivity index (χ4n) is 8.05. The van der Waals surface area contributed by atoms with Crippen LogP contribution in [0.15, 0.2) is 91.0 Å². The Balaban J connectivity index is 1.69. The zero-order valence-electron chi connectivity index (χ0n) is 17.1. The predicted molar refractivity (Wildman–Crippen MR) is 127 cm³/mol. The van der Waals surface area contributed by atoms with Crippen LogP contribution in [-0.4, -0.2) is 5.16 Å². The van der Waals surface area contributed by atoms with Crippen molar-refractivity contribution in [1.82, 2.24) is 0 Å². The molecule has 0 unspecified atom stereocenters.